The number of hydrogen-bond donors (Lipinski definition) is 6. The molecule has 0 bridgehead atoms. The molecule has 0 unspecified atom stereocenters. The molecule has 0 radical (unpaired) electrons. The standard InChI is InChI=1S/C12H23NO5.C4H11NO3.CH4/c1-10(2,3)18-9(15)13-12(6-14)7-16-11(4,5)17-8-12;5-4(1-6,2-7)3-8;/h14H,6-8H2,1-5H3,(H,13,15);6-8H,1-3,5H2;1H4. The topological polar surface area (TPSA) is 164 Å². The minimum Gasteiger partial charge on any atom is -0.444 e. The van der Waals surface area contributed by atoms with Gasteiger partial charge in [-0.2, -0.15) is 0 Å². The first-order valence-electron chi connectivity index (χ1n) is 8.27. The maximum absolute atomic E-state index is 11.7. The van der Waals surface area contributed by atoms with E-state index in [9.17, 15) is 9.90 Å². The number of aliphatic hydroxyl groups excluding tert-OH is 4. The summed E-state index contributed by atoms with van der Waals surface area (Å²) in [6, 6.07) is 0. The molecule has 0 atom stereocenters. The van der Waals surface area contributed by atoms with Gasteiger partial charge in [0.1, 0.15) is 11.1 Å². The van der Waals surface area contributed by atoms with Crippen molar-refractivity contribution in [1.82, 2.24) is 5.32 Å². The normalized spacial score (nSPS) is 18.4. The van der Waals surface area contributed by atoms with Crippen molar-refractivity contribution < 1.29 is 39.4 Å². The molecule has 0 aliphatic carbocycles. The molecule has 0 aromatic carbocycles. The number of carbonyl (C=O) groups is 1. The van der Waals surface area contributed by atoms with Gasteiger partial charge in [0.15, 0.2) is 5.79 Å². The fourth-order valence-electron chi connectivity index (χ4n) is 1.58. The van der Waals surface area contributed by atoms with Crippen LogP contribution in [0.3, 0.4) is 0 Å². The van der Waals surface area contributed by atoms with Gasteiger partial charge in [-0.3, -0.25) is 0 Å². The maximum atomic E-state index is 11.7. The second-order valence-electron chi connectivity index (χ2n) is 7.88. The van der Waals surface area contributed by atoms with Gasteiger partial charge < -0.3 is 45.7 Å². The number of amides is 1. The van der Waals surface area contributed by atoms with Crippen LogP contribution in [0.1, 0.15) is 42.0 Å². The fourth-order valence-corrected chi connectivity index (χ4v) is 1.58. The van der Waals surface area contributed by atoms with Crippen LogP contribution in [0, 0.1) is 0 Å². The van der Waals surface area contributed by atoms with Gasteiger partial charge in [0.25, 0.3) is 0 Å². The summed E-state index contributed by atoms with van der Waals surface area (Å²) >= 11 is 0. The van der Waals surface area contributed by atoms with Crippen LogP contribution in [0.5, 0.6) is 0 Å². The molecule has 1 rings (SSSR count). The van der Waals surface area contributed by atoms with E-state index in [0.29, 0.717) is 0 Å². The molecule has 0 saturated carbocycles. The average molecular weight is 398 g/mol. The molecule has 0 aromatic rings. The summed E-state index contributed by atoms with van der Waals surface area (Å²) in [5.41, 5.74) is 2.40. The van der Waals surface area contributed by atoms with E-state index in [-0.39, 0.29) is 27.2 Å². The van der Waals surface area contributed by atoms with Crippen molar-refractivity contribution in [1.29, 1.82) is 0 Å². The molecule has 1 aliphatic heterocycles. The molecule has 10 heteroatoms. The summed E-state index contributed by atoms with van der Waals surface area (Å²) in [5.74, 6) is -0.700. The summed E-state index contributed by atoms with van der Waals surface area (Å²) < 4.78 is 16.0. The Bertz CT molecular complexity index is 415. The molecule has 10 nitrogen and oxygen atoms in total. The number of aliphatic hydroxyl groups is 4. The van der Waals surface area contributed by atoms with Crippen LogP contribution < -0.4 is 11.1 Å². The highest BCUT2D eigenvalue weighted by Crippen LogP contribution is 2.23. The van der Waals surface area contributed by atoms with E-state index in [1.165, 1.54) is 0 Å². The Morgan fingerprint density at radius 3 is 1.74 bits per heavy atom. The van der Waals surface area contributed by atoms with E-state index >= 15 is 0 Å². The van der Waals surface area contributed by atoms with Crippen LogP contribution in [-0.4, -0.2) is 88.6 Å². The number of carbonyl (C=O) groups excluding carboxylic acids is 1. The smallest absolute Gasteiger partial charge is 0.408 e. The molecule has 1 aliphatic rings. The van der Waals surface area contributed by atoms with Gasteiger partial charge in [-0.05, 0) is 34.6 Å². The van der Waals surface area contributed by atoms with Crippen molar-refractivity contribution in [3.8, 4) is 0 Å². The molecule has 27 heavy (non-hydrogen) atoms. The second kappa shape index (κ2) is 11.1. The van der Waals surface area contributed by atoms with Crippen molar-refractivity contribution >= 4 is 6.09 Å². The molecule has 164 valence electrons. The molecule has 0 spiro atoms. The lowest BCUT2D eigenvalue weighted by Crippen LogP contribution is -2.63. The number of hydrogen-bond acceptors (Lipinski definition) is 9. The van der Waals surface area contributed by atoms with E-state index in [4.69, 9.17) is 35.3 Å². The van der Waals surface area contributed by atoms with Gasteiger partial charge in [-0.1, -0.05) is 7.43 Å². The third-order valence-corrected chi connectivity index (χ3v) is 3.41. The fraction of sp³-hybridized carbons (Fsp3) is 0.941. The predicted molar refractivity (Wildman–Crippen MR) is 100 cm³/mol. The van der Waals surface area contributed by atoms with Crippen LogP contribution >= 0.6 is 0 Å². The Morgan fingerprint density at radius 2 is 1.48 bits per heavy atom. The number of alkyl carbamates (subject to hydrolysis) is 1. The van der Waals surface area contributed by atoms with E-state index in [0.717, 1.165) is 0 Å². The molecule has 0 aromatic heterocycles. The highest BCUT2D eigenvalue weighted by Gasteiger charge is 2.41. The predicted octanol–water partition coefficient (Wildman–Crippen LogP) is -0.678. The summed E-state index contributed by atoms with van der Waals surface area (Å²) in [5, 5.41) is 37.1. The molecular weight excluding hydrogens is 360 g/mol. The van der Waals surface area contributed by atoms with Crippen LogP contribution in [0.25, 0.3) is 0 Å². The minimum atomic E-state index is -1.21. The average Bonchev–Trinajstić information content (AvgIpc) is 2.55. The Morgan fingerprint density at radius 1 is 1.07 bits per heavy atom. The number of ether oxygens (including phenoxy) is 3. The zero-order valence-corrected chi connectivity index (χ0v) is 16.2. The van der Waals surface area contributed by atoms with Crippen molar-refractivity contribution in [2.75, 3.05) is 39.6 Å². The zero-order valence-electron chi connectivity index (χ0n) is 16.2. The van der Waals surface area contributed by atoms with Gasteiger partial charge in [0.05, 0.1) is 45.2 Å². The summed E-state index contributed by atoms with van der Waals surface area (Å²) in [6.45, 7) is 7.75. The van der Waals surface area contributed by atoms with Crippen molar-refractivity contribution in [3.63, 3.8) is 0 Å². The van der Waals surface area contributed by atoms with Crippen molar-refractivity contribution in [3.05, 3.63) is 0 Å². The summed E-state index contributed by atoms with van der Waals surface area (Å²) in [4.78, 5) is 11.7. The highest BCUT2D eigenvalue weighted by molar-refractivity contribution is 5.69. The largest absolute Gasteiger partial charge is 0.444 e. The minimum absolute atomic E-state index is 0. The molecule has 7 N–H and O–H groups in total. The summed E-state index contributed by atoms with van der Waals surface area (Å²) in [6.07, 6.45) is -0.594. The quantitative estimate of drug-likeness (QED) is 0.352. The maximum Gasteiger partial charge on any atom is 0.408 e. The van der Waals surface area contributed by atoms with Crippen LogP contribution in [0.2, 0.25) is 0 Å². The van der Waals surface area contributed by atoms with Gasteiger partial charge in [-0.25, -0.2) is 4.79 Å². The number of nitrogens with two attached hydrogens (primary N) is 1. The van der Waals surface area contributed by atoms with Gasteiger partial charge in [-0.15, -0.1) is 0 Å². The van der Waals surface area contributed by atoms with E-state index in [2.05, 4.69) is 5.32 Å². The molecule has 1 fully saturated rings. The number of nitrogens with one attached hydrogen (secondary N) is 1. The monoisotopic (exact) mass is 398 g/mol. The van der Waals surface area contributed by atoms with Crippen molar-refractivity contribution in [2.45, 2.75) is 64.5 Å². The first-order valence-corrected chi connectivity index (χ1v) is 8.27. The van der Waals surface area contributed by atoms with Crippen molar-refractivity contribution in [2.24, 2.45) is 5.73 Å². The Hall–Kier alpha value is -1.01. The summed E-state index contributed by atoms with van der Waals surface area (Å²) in [7, 11) is 0. The SMILES string of the molecule is C.CC(C)(C)OC(=O)NC1(CO)COC(C)(C)OC1.NC(CO)(CO)CO. The Balaban J connectivity index is 0. The molecule has 1 heterocycles. The van der Waals surface area contributed by atoms with Crippen LogP contribution in [0.4, 0.5) is 4.79 Å². The van der Waals surface area contributed by atoms with Gasteiger partial charge in [0, 0.05) is 0 Å². The lowest BCUT2D eigenvalue weighted by molar-refractivity contribution is -0.274. The first kappa shape index (κ1) is 28.2. The zero-order chi connectivity index (χ0) is 20.6. The third-order valence-electron chi connectivity index (χ3n) is 3.41. The van der Waals surface area contributed by atoms with E-state index < -0.39 is 48.4 Å². The highest BCUT2D eigenvalue weighted by atomic mass is 16.7. The first-order chi connectivity index (χ1) is 11.8. The molecular formula is C17H38N2O8. The Kier molecular flexibility index (Phi) is 11.6. The third kappa shape index (κ3) is 10.8. The van der Waals surface area contributed by atoms with Gasteiger partial charge >= 0.3 is 6.09 Å². The lowest BCUT2D eigenvalue weighted by Gasteiger charge is -2.42. The Labute approximate surface area is 161 Å². The lowest BCUT2D eigenvalue weighted by atomic mass is 10.0. The molecule has 1 amide bonds. The van der Waals surface area contributed by atoms with Crippen LogP contribution in [0.15, 0.2) is 0 Å². The number of rotatable bonds is 5. The second-order valence-corrected chi connectivity index (χ2v) is 7.88. The van der Waals surface area contributed by atoms with E-state index in [1.807, 2.05) is 0 Å². The van der Waals surface area contributed by atoms with Crippen LogP contribution in [-0.2, 0) is 14.2 Å². The molecule has 1 saturated heterocycles. The van der Waals surface area contributed by atoms with Gasteiger partial charge in [0.2, 0.25) is 0 Å². The van der Waals surface area contributed by atoms with E-state index in [1.54, 1.807) is 34.6 Å².